The van der Waals surface area contributed by atoms with Gasteiger partial charge in [-0.25, -0.2) is 4.98 Å². The van der Waals surface area contributed by atoms with Gasteiger partial charge in [-0.15, -0.1) is 0 Å². The predicted molar refractivity (Wildman–Crippen MR) is 56.0 cm³/mol. The maximum atomic E-state index is 11.4. The molecule has 1 aromatic rings. The van der Waals surface area contributed by atoms with E-state index in [4.69, 9.17) is 0 Å². The second-order valence-electron chi connectivity index (χ2n) is 3.37. The molecule has 1 atom stereocenters. The number of hydrogen-bond donors (Lipinski definition) is 3. The minimum Gasteiger partial charge on any atom is -0.349 e. The molecule has 0 saturated carbocycles. The van der Waals surface area contributed by atoms with Gasteiger partial charge in [0.15, 0.2) is 0 Å². The fraction of sp³-hybridized carbons (Fsp3) is 0.667. The van der Waals surface area contributed by atoms with Crippen LogP contribution in [-0.2, 0) is 11.3 Å². The van der Waals surface area contributed by atoms with Crippen LogP contribution in [-0.4, -0.2) is 33.7 Å². The molecule has 1 aromatic heterocycles. The molecule has 0 aliphatic carbocycles. The van der Waals surface area contributed by atoms with Gasteiger partial charge in [-0.1, -0.05) is 6.92 Å². The lowest BCUT2D eigenvalue weighted by Gasteiger charge is -2.11. The third-order valence-corrected chi connectivity index (χ3v) is 1.96. The summed E-state index contributed by atoms with van der Waals surface area (Å²) < 4.78 is 0. The van der Waals surface area contributed by atoms with Crippen molar-refractivity contribution in [3.8, 4) is 0 Å². The van der Waals surface area contributed by atoms with Crippen molar-refractivity contribution < 1.29 is 4.79 Å². The molecule has 0 saturated heterocycles. The highest BCUT2D eigenvalue weighted by Gasteiger charge is 2.07. The Morgan fingerprint density at radius 1 is 1.67 bits per heavy atom. The topological polar surface area (TPSA) is 82.7 Å². The molecule has 0 spiro atoms. The molecule has 84 valence electrons. The Bertz CT molecular complexity index is 285. The van der Waals surface area contributed by atoms with E-state index < -0.39 is 0 Å². The SMILES string of the molecule is CCNC(C)CC(=O)NCc1ncn[nH]1. The van der Waals surface area contributed by atoms with Crippen molar-refractivity contribution in [2.24, 2.45) is 0 Å². The lowest BCUT2D eigenvalue weighted by atomic mass is 10.2. The Morgan fingerprint density at radius 3 is 3.07 bits per heavy atom. The van der Waals surface area contributed by atoms with Gasteiger partial charge in [-0.2, -0.15) is 5.10 Å². The summed E-state index contributed by atoms with van der Waals surface area (Å²) in [5.74, 6) is 0.680. The summed E-state index contributed by atoms with van der Waals surface area (Å²) in [5.41, 5.74) is 0. The average molecular weight is 211 g/mol. The number of aromatic nitrogens is 3. The molecule has 15 heavy (non-hydrogen) atoms. The molecule has 6 nitrogen and oxygen atoms in total. The number of amides is 1. The van der Waals surface area contributed by atoms with Crippen LogP contribution in [0.5, 0.6) is 0 Å². The van der Waals surface area contributed by atoms with Crippen LogP contribution in [0, 0.1) is 0 Å². The van der Waals surface area contributed by atoms with Crippen LogP contribution in [0.25, 0.3) is 0 Å². The van der Waals surface area contributed by atoms with Crippen LogP contribution in [0.3, 0.4) is 0 Å². The summed E-state index contributed by atoms with van der Waals surface area (Å²) in [6, 6.07) is 0.199. The van der Waals surface area contributed by atoms with E-state index in [0.29, 0.717) is 18.8 Å². The maximum absolute atomic E-state index is 11.4. The van der Waals surface area contributed by atoms with E-state index in [1.165, 1.54) is 6.33 Å². The van der Waals surface area contributed by atoms with Crippen LogP contribution in [0.4, 0.5) is 0 Å². The molecule has 6 heteroatoms. The molecular weight excluding hydrogens is 194 g/mol. The van der Waals surface area contributed by atoms with Gasteiger partial charge < -0.3 is 10.6 Å². The number of nitrogens with zero attached hydrogens (tertiary/aromatic N) is 2. The molecule has 0 fully saturated rings. The smallest absolute Gasteiger partial charge is 0.221 e. The minimum absolute atomic E-state index is 0.0138. The second-order valence-corrected chi connectivity index (χ2v) is 3.37. The molecule has 1 rings (SSSR count). The summed E-state index contributed by atoms with van der Waals surface area (Å²) in [7, 11) is 0. The number of nitrogens with one attached hydrogen (secondary N) is 3. The highest BCUT2D eigenvalue weighted by molar-refractivity contribution is 5.76. The van der Waals surface area contributed by atoms with E-state index in [2.05, 4.69) is 25.8 Å². The van der Waals surface area contributed by atoms with Crippen molar-refractivity contribution in [1.82, 2.24) is 25.8 Å². The Hall–Kier alpha value is -1.43. The standard InChI is InChI=1S/C9H17N5O/c1-3-10-7(2)4-9(15)11-5-8-12-6-13-14-8/h6-7,10H,3-5H2,1-2H3,(H,11,15)(H,12,13,14). The van der Waals surface area contributed by atoms with Crippen LogP contribution in [0.1, 0.15) is 26.1 Å². The third-order valence-electron chi connectivity index (χ3n) is 1.96. The summed E-state index contributed by atoms with van der Waals surface area (Å²) in [5, 5.41) is 12.3. The summed E-state index contributed by atoms with van der Waals surface area (Å²) in [6.45, 7) is 5.27. The first kappa shape index (κ1) is 11.6. The lowest BCUT2D eigenvalue weighted by Crippen LogP contribution is -2.33. The van der Waals surface area contributed by atoms with E-state index in [9.17, 15) is 4.79 Å². The van der Waals surface area contributed by atoms with Crippen LogP contribution in [0.15, 0.2) is 6.33 Å². The number of H-pyrrole nitrogens is 1. The number of rotatable bonds is 6. The van der Waals surface area contributed by atoms with Gasteiger partial charge in [-0.3, -0.25) is 9.89 Å². The quantitative estimate of drug-likeness (QED) is 0.609. The van der Waals surface area contributed by atoms with E-state index in [1.807, 2.05) is 13.8 Å². The van der Waals surface area contributed by atoms with Crippen LogP contribution in [0.2, 0.25) is 0 Å². The van der Waals surface area contributed by atoms with Crippen molar-refractivity contribution in [2.45, 2.75) is 32.9 Å². The van der Waals surface area contributed by atoms with Gasteiger partial charge >= 0.3 is 0 Å². The zero-order chi connectivity index (χ0) is 11.1. The van der Waals surface area contributed by atoms with E-state index >= 15 is 0 Å². The molecule has 0 bridgehead atoms. The molecule has 1 amide bonds. The Kier molecular flexibility index (Phi) is 4.76. The van der Waals surface area contributed by atoms with Gasteiger partial charge in [0.2, 0.25) is 5.91 Å². The lowest BCUT2D eigenvalue weighted by molar-refractivity contribution is -0.121. The van der Waals surface area contributed by atoms with E-state index in [1.54, 1.807) is 0 Å². The second kappa shape index (κ2) is 6.13. The first-order valence-corrected chi connectivity index (χ1v) is 5.06. The van der Waals surface area contributed by atoms with Gasteiger partial charge in [0.1, 0.15) is 12.2 Å². The number of aromatic amines is 1. The molecule has 0 radical (unpaired) electrons. The first-order valence-electron chi connectivity index (χ1n) is 5.06. The largest absolute Gasteiger partial charge is 0.349 e. The Balaban J connectivity index is 2.19. The predicted octanol–water partition coefficient (Wildman–Crippen LogP) is -0.191. The maximum Gasteiger partial charge on any atom is 0.221 e. The third kappa shape index (κ3) is 4.55. The van der Waals surface area contributed by atoms with Crippen molar-refractivity contribution in [2.75, 3.05) is 6.54 Å². The number of hydrogen-bond acceptors (Lipinski definition) is 4. The Morgan fingerprint density at radius 2 is 2.47 bits per heavy atom. The molecule has 1 heterocycles. The van der Waals surface area contributed by atoms with E-state index in [-0.39, 0.29) is 11.9 Å². The highest BCUT2D eigenvalue weighted by atomic mass is 16.1. The summed E-state index contributed by atoms with van der Waals surface area (Å²) in [6.07, 6.45) is 1.89. The van der Waals surface area contributed by atoms with Crippen LogP contribution >= 0.6 is 0 Å². The van der Waals surface area contributed by atoms with Gasteiger partial charge in [0, 0.05) is 12.5 Å². The molecule has 1 unspecified atom stereocenters. The van der Waals surface area contributed by atoms with Crippen molar-refractivity contribution >= 4 is 5.91 Å². The minimum atomic E-state index is 0.0138. The molecule has 0 aliphatic heterocycles. The average Bonchev–Trinajstić information content (AvgIpc) is 2.67. The first-order chi connectivity index (χ1) is 7.22. The van der Waals surface area contributed by atoms with Gasteiger partial charge in [0.05, 0.1) is 6.54 Å². The van der Waals surface area contributed by atoms with Gasteiger partial charge in [0.25, 0.3) is 0 Å². The van der Waals surface area contributed by atoms with Gasteiger partial charge in [-0.05, 0) is 13.5 Å². The molecular formula is C9H17N5O. The fourth-order valence-corrected chi connectivity index (χ4v) is 1.27. The zero-order valence-electron chi connectivity index (χ0n) is 9.08. The monoisotopic (exact) mass is 211 g/mol. The van der Waals surface area contributed by atoms with E-state index in [0.717, 1.165) is 6.54 Å². The molecule has 0 aromatic carbocycles. The summed E-state index contributed by atoms with van der Waals surface area (Å²) in [4.78, 5) is 15.3. The van der Waals surface area contributed by atoms with Crippen molar-refractivity contribution in [1.29, 1.82) is 0 Å². The Labute approximate surface area is 88.9 Å². The number of carbonyl (C=O) groups excluding carboxylic acids is 1. The van der Waals surface area contributed by atoms with Crippen molar-refractivity contribution in [3.05, 3.63) is 12.2 Å². The molecule has 0 aliphatic rings. The zero-order valence-corrected chi connectivity index (χ0v) is 9.08. The molecule has 3 N–H and O–H groups in total. The highest BCUT2D eigenvalue weighted by Crippen LogP contribution is 1.91. The normalized spacial score (nSPS) is 12.4. The van der Waals surface area contributed by atoms with Crippen molar-refractivity contribution in [3.63, 3.8) is 0 Å². The summed E-state index contributed by atoms with van der Waals surface area (Å²) >= 11 is 0. The number of carbonyl (C=O) groups is 1. The van der Waals surface area contributed by atoms with Crippen LogP contribution < -0.4 is 10.6 Å². The fourth-order valence-electron chi connectivity index (χ4n) is 1.27.